The molecule has 0 amide bonds. The fourth-order valence-corrected chi connectivity index (χ4v) is 4.82. The number of aryl methyl sites for hydroxylation is 1. The van der Waals surface area contributed by atoms with Crippen LogP contribution in [0, 0.1) is 11.3 Å². The van der Waals surface area contributed by atoms with Gasteiger partial charge in [-0.25, -0.2) is 15.8 Å². The maximum atomic E-state index is 5.68. The Balaban J connectivity index is 2.11. The van der Waals surface area contributed by atoms with Crippen LogP contribution < -0.4 is 11.3 Å². The average molecular weight is 323 g/mol. The minimum Gasteiger partial charge on any atom is -0.308 e. The van der Waals surface area contributed by atoms with Gasteiger partial charge in [-0.15, -0.1) is 11.3 Å². The Morgan fingerprint density at radius 3 is 2.71 bits per heavy atom. The summed E-state index contributed by atoms with van der Waals surface area (Å²) in [6, 6.07) is 0. The van der Waals surface area contributed by atoms with Crippen LogP contribution in [-0.4, -0.2) is 16.2 Å². The topological polar surface area (TPSA) is 63.8 Å². The quantitative estimate of drug-likeness (QED) is 0.380. The van der Waals surface area contributed by atoms with E-state index in [9.17, 15) is 0 Å². The third-order valence-electron chi connectivity index (χ3n) is 4.43. The van der Waals surface area contributed by atoms with Crippen molar-refractivity contribution in [1.82, 2.24) is 9.97 Å². The molecule has 0 saturated heterocycles. The molecular weight excluding hydrogens is 300 g/mol. The molecule has 6 heteroatoms. The number of nitrogens with one attached hydrogen (secondary N) is 1. The van der Waals surface area contributed by atoms with E-state index in [-0.39, 0.29) is 0 Å². The number of rotatable bonds is 2. The van der Waals surface area contributed by atoms with E-state index in [4.69, 9.17) is 5.84 Å². The van der Waals surface area contributed by atoms with Gasteiger partial charge in [0.25, 0.3) is 0 Å². The van der Waals surface area contributed by atoms with Crippen molar-refractivity contribution in [3.05, 3.63) is 10.4 Å². The Morgan fingerprint density at radius 1 is 1.33 bits per heavy atom. The highest BCUT2D eigenvalue weighted by atomic mass is 32.2. The molecule has 3 rings (SSSR count). The van der Waals surface area contributed by atoms with Crippen molar-refractivity contribution < 1.29 is 0 Å². The number of hydrogen-bond acceptors (Lipinski definition) is 6. The van der Waals surface area contributed by atoms with Gasteiger partial charge in [0.2, 0.25) is 0 Å². The summed E-state index contributed by atoms with van der Waals surface area (Å²) in [5.74, 6) is 7.19. The largest absolute Gasteiger partial charge is 0.308 e. The zero-order valence-electron chi connectivity index (χ0n) is 13.0. The second kappa shape index (κ2) is 5.41. The summed E-state index contributed by atoms with van der Waals surface area (Å²) < 4.78 is 0. The molecule has 2 heterocycles. The molecule has 1 aliphatic rings. The molecule has 0 aromatic carbocycles. The minimum atomic E-state index is 0.360. The van der Waals surface area contributed by atoms with Crippen molar-refractivity contribution in [2.45, 2.75) is 45.2 Å². The molecule has 1 aliphatic carbocycles. The monoisotopic (exact) mass is 322 g/mol. The number of aromatic nitrogens is 2. The molecule has 3 N–H and O–H groups in total. The van der Waals surface area contributed by atoms with Gasteiger partial charge in [0.1, 0.15) is 4.83 Å². The molecule has 0 saturated carbocycles. The highest BCUT2D eigenvalue weighted by Gasteiger charge is 2.31. The fraction of sp³-hybridized carbons (Fsp3) is 0.600. The number of anilines is 1. The Bertz CT molecular complexity index is 672. The number of thiophene rings is 1. The average Bonchev–Trinajstić information content (AvgIpc) is 2.82. The molecule has 114 valence electrons. The predicted octanol–water partition coefficient (Wildman–Crippen LogP) is 3.85. The van der Waals surface area contributed by atoms with E-state index in [0.717, 1.165) is 40.0 Å². The highest BCUT2D eigenvalue weighted by molar-refractivity contribution is 7.98. The summed E-state index contributed by atoms with van der Waals surface area (Å²) in [6.45, 7) is 7.03. The Morgan fingerprint density at radius 2 is 2.10 bits per heavy atom. The predicted molar refractivity (Wildman–Crippen MR) is 92.0 cm³/mol. The van der Waals surface area contributed by atoms with E-state index in [2.05, 4.69) is 36.2 Å². The lowest BCUT2D eigenvalue weighted by molar-refractivity contribution is 0.218. The van der Waals surface area contributed by atoms with Gasteiger partial charge in [0.05, 0.1) is 5.39 Å². The van der Waals surface area contributed by atoms with Gasteiger partial charge < -0.3 is 5.43 Å². The van der Waals surface area contributed by atoms with Crippen LogP contribution in [0.2, 0.25) is 0 Å². The summed E-state index contributed by atoms with van der Waals surface area (Å²) in [5, 5.41) is 1.92. The van der Waals surface area contributed by atoms with Gasteiger partial charge in [-0.05, 0) is 42.4 Å². The highest BCUT2D eigenvalue weighted by Crippen LogP contribution is 2.44. The van der Waals surface area contributed by atoms with Crippen LogP contribution in [0.1, 0.15) is 37.6 Å². The third-order valence-corrected chi connectivity index (χ3v) is 6.13. The summed E-state index contributed by atoms with van der Waals surface area (Å²) in [4.78, 5) is 11.7. The molecular formula is C15H22N4S2. The molecule has 2 aromatic rings. The number of nitrogens with zero attached hydrogens (tertiary/aromatic N) is 2. The van der Waals surface area contributed by atoms with E-state index >= 15 is 0 Å². The standard InChI is InChI=1S/C15H22N4S2/c1-15(2,3)8-5-6-9-10(7-8)21-13-11(9)12(19-16)17-14(18-13)20-4/h8H,5-7,16H2,1-4H3,(H,17,18,19)/t8-/m1/s1. The van der Waals surface area contributed by atoms with Crippen LogP contribution in [0.4, 0.5) is 5.82 Å². The van der Waals surface area contributed by atoms with Gasteiger partial charge >= 0.3 is 0 Å². The molecule has 0 aliphatic heterocycles. The van der Waals surface area contributed by atoms with Crippen LogP contribution in [0.15, 0.2) is 5.16 Å². The first-order chi connectivity index (χ1) is 9.94. The van der Waals surface area contributed by atoms with Crippen LogP contribution in [0.25, 0.3) is 10.2 Å². The van der Waals surface area contributed by atoms with Gasteiger partial charge in [-0.2, -0.15) is 0 Å². The van der Waals surface area contributed by atoms with Gasteiger partial charge in [0, 0.05) is 4.88 Å². The normalized spacial score (nSPS) is 18.8. The molecule has 0 unspecified atom stereocenters. The zero-order valence-corrected chi connectivity index (χ0v) is 14.6. The van der Waals surface area contributed by atoms with Crippen molar-refractivity contribution in [3.63, 3.8) is 0 Å². The minimum absolute atomic E-state index is 0.360. The molecule has 0 radical (unpaired) electrons. The Hall–Kier alpha value is -0.850. The lowest BCUT2D eigenvalue weighted by atomic mass is 9.72. The van der Waals surface area contributed by atoms with Crippen molar-refractivity contribution in [3.8, 4) is 0 Å². The molecule has 21 heavy (non-hydrogen) atoms. The van der Waals surface area contributed by atoms with Crippen LogP contribution in [-0.2, 0) is 12.8 Å². The van der Waals surface area contributed by atoms with Crippen LogP contribution in [0.3, 0.4) is 0 Å². The molecule has 2 aromatic heterocycles. The Labute approximate surface area is 133 Å². The first kappa shape index (κ1) is 15.1. The van der Waals surface area contributed by atoms with Gasteiger partial charge in [0.15, 0.2) is 11.0 Å². The lowest BCUT2D eigenvalue weighted by Crippen LogP contribution is -2.26. The first-order valence-corrected chi connectivity index (χ1v) is 9.31. The first-order valence-electron chi connectivity index (χ1n) is 7.27. The number of nitrogens with two attached hydrogens (primary N) is 1. The van der Waals surface area contributed by atoms with E-state index in [1.165, 1.54) is 16.9 Å². The summed E-state index contributed by atoms with van der Waals surface area (Å²) >= 11 is 3.37. The smallest absolute Gasteiger partial charge is 0.190 e. The molecule has 4 nitrogen and oxygen atoms in total. The summed E-state index contributed by atoms with van der Waals surface area (Å²) in [5.41, 5.74) is 4.54. The number of hydrazine groups is 1. The number of hydrogen-bond donors (Lipinski definition) is 2. The second-order valence-electron chi connectivity index (χ2n) is 6.69. The zero-order chi connectivity index (χ0) is 15.2. The Kier molecular flexibility index (Phi) is 3.88. The molecule has 0 spiro atoms. The van der Waals surface area contributed by atoms with E-state index < -0.39 is 0 Å². The SMILES string of the molecule is CSc1nc(NN)c2c3c(sc2n1)C[C@H](C(C)(C)C)CC3. The number of thioether (sulfide) groups is 1. The lowest BCUT2D eigenvalue weighted by Gasteiger charge is -2.33. The molecule has 0 fully saturated rings. The number of fused-ring (bicyclic) bond motifs is 3. The molecule has 0 bridgehead atoms. The number of nitrogen functional groups attached to an aromatic ring is 1. The van der Waals surface area contributed by atoms with Crippen molar-refractivity contribution in [2.24, 2.45) is 17.2 Å². The van der Waals surface area contributed by atoms with E-state index in [1.54, 1.807) is 11.8 Å². The fourth-order valence-electron chi connectivity index (χ4n) is 3.09. The maximum absolute atomic E-state index is 5.68. The van der Waals surface area contributed by atoms with Gasteiger partial charge in [-0.3, -0.25) is 0 Å². The maximum Gasteiger partial charge on any atom is 0.190 e. The van der Waals surface area contributed by atoms with E-state index in [1.807, 2.05) is 17.6 Å². The van der Waals surface area contributed by atoms with Crippen LogP contribution in [0.5, 0.6) is 0 Å². The van der Waals surface area contributed by atoms with Crippen molar-refractivity contribution in [2.75, 3.05) is 11.7 Å². The van der Waals surface area contributed by atoms with Crippen LogP contribution >= 0.6 is 23.1 Å². The molecule has 1 atom stereocenters. The van der Waals surface area contributed by atoms with Gasteiger partial charge in [-0.1, -0.05) is 32.5 Å². The summed E-state index contributed by atoms with van der Waals surface area (Å²) in [7, 11) is 0. The van der Waals surface area contributed by atoms with E-state index in [0.29, 0.717) is 5.41 Å². The summed E-state index contributed by atoms with van der Waals surface area (Å²) in [6.07, 6.45) is 5.48. The van der Waals surface area contributed by atoms with Crippen molar-refractivity contribution >= 4 is 39.1 Å². The third kappa shape index (κ3) is 2.64. The van der Waals surface area contributed by atoms with Crippen molar-refractivity contribution in [1.29, 1.82) is 0 Å². The second-order valence-corrected chi connectivity index (χ2v) is 8.55.